The molecule has 0 N–H and O–H groups in total. The van der Waals surface area contributed by atoms with E-state index in [9.17, 15) is 14.2 Å². The van der Waals surface area contributed by atoms with E-state index in [1.807, 2.05) is 24.3 Å². The summed E-state index contributed by atoms with van der Waals surface area (Å²) in [5.74, 6) is -2.59. The van der Waals surface area contributed by atoms with Gasteiger partial charge in [0.25, 0.3) is 0 Å². The largest absolute Gasteiger partial charge is 0.368 e. The van der Waals surface area contributed by atoms with E-state index in [-0.39, 0.29) is 5.91 Å². The standard InChI is InChI=1S/C24H26NO6P/c1-14(2)30-32(28,31-15(3)4)24-18-13-9-8-12-17(18)21(29-24)19-20(24)23(27)25(22(19)26)16-10-6-5-7-11-16/h5-15,19-21H,1-4H3/t19?,20?,21-,24-/m0/s1. The Morgan fingerprint density at radius 2 is 1.50 bits per heavy atom. The molecule has 2 aromatic rings. The van der Waals surface area contributed by atoms with Crippen LogP contribution in [0.25, 0.3) is 0 Å². The summed E-state index contributed by atoms with van der Waals surface area (Å²) in [7, 11) is -4.07. The van der Waals surface area contributed by atoms with Gasteiger partial charge in [-0.3, -0.25) is 14.2 Å². The van der Waals surface area contributed by atoms with Crippen LogP contribution in [0.1, 0.15) is 44.9 Å². The van der Waals surface area contributed by atoms with Crippen molar-refractivity contribution in [2.75, 3.05) is 4.90 Å². The maximum atomic E-state index is 14.6. The number of anilines is 1. The zero-order valence-corrected chi connectivity index (χ0v) is 19.3. The Bertz CT molecular complexity index is 1120. The maximum absolute atomic E-state index is 14.6. The molecule has 0 radical (unpaired) electrons. The molecule has 7 nitrogen and oxygen atoms in total. The molecule has 8 heteroatoms. The number of rotatable bonds is 6. The summed E-state index contributed by atoms with van der Waals surface area (Å²) in [6.07, 6.45) is -1.58. The van der Waals surface area contributed by atoms with Crippen LogP contribution < -0.4 is 4.90 Å². The highest BCUT2D eigenvalue weighted by atomic mass is 31.2. The molecular weight excluding hydrogens is 429 g/mol. The first-order valence-electron chi connectivity index (χ1n) is 10.9. The lowest BCUT2D eigenvalue weighted by Gasteiger charge is -2.39. The quantitative estimate of drug-likeness (QED) is 0.461. The Kier molecular flexibility index (Phi) is 4.95. The summed E-state index contributed by atoms with van der Waals surface area (Å²) in [5, 5.41) is -1.68. The van der Waals surface area contributed by atoms with E-state index in [0.717, 1.165) is 5.56 Å². The molecule has 3 aliphatic rings. The molecule has 2 bridgehead atoms. The Hall–Kier alpha value is -2.31. The number of ether oxygens (including phenoxy) is 1. The summed E-state index contributed by atoms with van der Waals surface area (Å²) in [4.78, 5) is 28.6. The molecule has 5 rings (SSSR count). The van der Waals surface area contributed by atoms with Gasteiger partial charge in [0.05, 0.1) is 35.8 Å². The van der Waals surface area contributed by atoms with Crippen LogP contribution in [0.5, 0.6) is 0 Å². The highest BCUT2D eigenvalue weighted by Gasteiger charge is 2.79. The lowest BCUT2D eigenvalue weighted by atomic mass is 9.77. The van der Waals surface area contributed by atoms with Crippen LogP contribution in [-0.2, 0) is 33.3 Å². The monoisotopic (exact) mass is 455 g/mol. The van der Waals surface area contributed by atoms with Gasteiger partial charge < -0.3 is 13.8 Å². The Morgan fingerprint density at radius 1 is 0.906 bits per heavy atom. The second-order valence-corrected chi connectivity index (χ2v) is 11.1. The molecule has 2 aromatic carbocycles. The SMILES string of the molecule is CC(C)OP(=O)(OC(C)C)[C@@]12O[C@@H](c3ccccc31)C1C(=O)N(c3ccccc3)C(=O)C12. The third kappa shape index (κ3) is 2.75. The fourth-order valence-electron chi connectivity index (χ4n) is 5.26. The topological polar surface area (TPSA) is 82.1 Å². The van der Waals surface area contributed by atoms with Crippen molar-refractivity contribution in [3.05, 3.63) is 65.7 Å². The highest BCUT2D eigenvalue weighted by molar-refractivity contribution is 7.55. The van der Waals surface area contributed by atoms with Crippen LogP contribution >= 0.6 is 7.60 Å². The smallest absolute Gasteiger partial charge is 0.348 e. The van der Waals surface area contributed by atoms with Crippen molar-refractivity contribution in [2.24, 2.45) is 11.8 Å². The number of benzene rings is 2. The molecule has 3 heterocycles. The normalized spacial score (nSPS) is 28.7. The van der Waals surface area contributed by atoms with Crippen LogP contribution in [0.4, 0.5) is 5.69 Å². The lowest BCUT2D eigenvalue weighted by molar-refractivity contribution is -0.127. The summed E-state index contributed by atoms with van der Waals surface area (Å²) < 4.78 is 32.9. The predicted molar refractivity (Wildman–Crippen MR) is 118 cm³/mol. The van der Waals surface area contributed by atoms with Gasteiger partial charge in [0.2, 0.25) is 17.2 Å². The Morgan fingerprint density at radius 3 is 2.12 bits per heavy atom. The van der Waals surface area contributed by atoms with Crippen LogP contribution in [0.15, 0.2) is 54.6 Å². The van der Waals surface area contributed by atoms with Crippen molar-refractivity contribution in [1.82, 2.24) is 0 Å². The van der Waals surface area contributed by atoms with Crippen molar-refractivity contribution in [1.29, 1.82) is 0 Å². The van der Waals surface area contributed by atoms with Gasteiger partial charge in [0.1, 0.15) is 0 Å². The minimum atomic E-state index is -4.07. The maximum Gasteiger partial charge on any atom is 0.368 e. The van der Waals surface area contributed by atoms with Crippen molar-refractivity contribution >= 4 is 25.1 Å². The second-order valence-electron chi connectivity index (χ2n) is 8.98. The summed E-state index contributed by atoms with van der Waals surface area (Å²) in [5.41, 5.74) is 1.84. The van der Waals surface area contributed by atoms with Crippen LogP contribution in [0, 0.1) is 11.8 Å². The third-order valence-corrected chi connectivity index (χ3v) is 9.02. The molecule has 0 aliphatic carbocycles. The fraction of sp³-hybridized carbons (Fsp3) is 0.417. The van der Waals surface area contributed by atoms with Gasteiger partial charge in [0, 0.05) is 5.56 Å². The molecule has 4 atom stereocenters. The summed E-state index contributed by atoms with van der Waals surface area (Å²) >= 11 is 0. The first kappa shape index (κ1) is 21.5. The number of amides is 2. The number of nitrogens with zero attached hydrogens (tertiary/aromatic N) is 1. The molecule has 3 aliphatic heterocycles. The summed E-state index contributed by atoms with van der Waals surface area (Å²) in [6.45, 7) is 7.04. The molecule has 2 amide bonds. The number of hydrogen-bond acceptors (Lipinski definition) is 6. The average molecular weight is 455 g/mol. The highest BCUT2D eigenvalue weighted by Crippen LogP contribution is 2.80. The van der Waals surface area contributed by atoms with Crippen molar-refractivity contribution in [3.63, 3.8) is 0 Å². The van der Waals surface area contributed by atoms with E-state index in [1.165, 1.54) is 4.90 Å². The molecule has 2 fully saturated rings. The number of carbonyl (C=O) groups excluding carboxylic acids is 2. The first-order chi connectivity index (χ1) is 15.2. The van der Waals surface area contributed by atoms with Crippen LogP contribution in [0.3, 0.4) is 0 Å². The molecule has 0 spiro atoms. The van der Waals surface area contributed by atoms with E-state index in [2.05, 4.69) is 0 Å². The van der Waals surface area contributed by atoms with Gasteiger partial charge in [-0.1, -0.05) is 42.5 Å². The second kappa shape index (κ2) is 7.35. The number of hydrogen-bond donors (Lipinski definition) is 0. The van der Waals surface area contributed by atoms with E-state index in [4.69, 9.17) is 13.8 Å². The van der Waals surface area contributed by atoms with Crippen LogP contribution in [-0.4, -0.2) is 24.0 Å². The third-order valence-electron chi connectivity index (χ3n) is 6.18. The van der Waals surface area contributed by atoms with Crippen molar-refractivity contribution < 1.29 is 27.9 Å². The summed E-state index contributed by atoms with van der Waals surface area (Å²) in [6, 6.07) is 16.1. The Labute approximate surface area is 187 Å². The van der Waals surface area contributed by atoms with Gasteiger partial charge in [0.15, 0.2) is 0 Å². The fourth-order valence-corrected chi connectivity index (χ4v) is 8.08. The zero-order chi connectivity index (χ0) is 22.8. The van der Waals surface area contributed by atoms with Crippen molar-refractivity contribution in [2.45, 2.75) is 51.3 Å². The average Bonchev–Trinajstić information content (AvgIpc) is 3.35. The number of imide groups is 1. The molecule has 2 unspecified atom stereocenters. The zero-order valence-electron chi connectivity index (χ0n) is 18.4. The molecule has 32 heavy (non-hydrogen) atoms. The molecule has 168 valence electrons. The molecule has 2 saturated heterocycles. The van der Waals surface area contributed by atoms with Gasteiger partial charge in [-0.05, 0) is 45.4 Å². The van der Waals surface area contributed by atoms with Crippen molar-refractivity contribution in [3.8, 4) is 0 Å². The first-order valence-corrected chi connectivity index (χ1v) is 12.4. The number of para-hydroxylation sites is 1. The lowest BCUT2D eigenvalue weighted by Crippen LogP contribution is -2.41. The molecular formula is C24H26NO6P. The van der Waals surface area contributed by atoms with Gasteiger partial charge >= 0.3 is 7.60 Å². The van der Waals surface area contributed by atoms with E-state index >= 15 is 0 Å². The van der Waals surface area contributed by atoms with Gasteiger partial charge in [-0.15, -0.1) is 0 Å². The molecule has 0 aromatic heterocycles. The predicted octanol–water partition coefficient (Wildman–Crippen LogP) is 4.77. The van der Waals surface area contributed by atoms with E-state index < -0.39 is 49.0 Å². The van der Waals surface area contributed by atoms with E-state index in [0.29, 0.717) is 11.3 Å². The number of carbonyl (C=O) groups is 2. The minimum Gasteiger partial charge on any atom is -0.348 e. The molecule has 0 saturated carbocycles. The van der Waals surface area contributed by atoms with Gasteiger partial charge in [-0.25, -0.2) is 4.90 Å². The van der Waals surface area contributed by atoms with Gasteiger partial charge in [-0.2, -0.15) is 0 Å². The van der Waals surface area contributed by atoms with E-state index in [1.54, 1.807) is 58.0 Å². The minimum absolute atomic E-state index is 0.353. The number of fused-ring (bicyclic) bond motifs is 8. The van der Waals surface area contributed by atoms with Crippen LogP contribution in [0.2, 0.25) is 0 Å². The Balaban J connectivity index is 1.73.